The third-order valence-electron chi connectivity index (χ3n) is 3.29. The first kappa shape index (κ1) is 17.9. The van der Waals surface area contributed by atoms with Gasteiger partial charge in [0.2, 0.25) is 5.01 Å². The lowest BCUT2D eigenvalue weighted by Gasteiger charge is -2.08. The zero-order chi connectivity index (χ0) is 17.9. The summed E-state index contributed by atoms with van der Waals surface area (Å²) in [5.74, 6) is -0.943. The number of amides is 1. The molecule has 4 nitrogen and oxygen atoms in total. The number of thiazole rings is 1. The Labute approximate surface area is 141 Å². The molecule has 1 N–H and O–H groups in total. The molecule has 24 heavy (non-hydrogen) atoms. The molecule has 0 saturated heterocycles. The SMILES string of the molecule is CCCc1ccc(C)c(C(=O)Nc2nc(C(F)(F)F)sc2C#N)c1. The molecule has 8 heteroatoms. The Bertz CT molecular complexity index is 806. The van der Waals surface area contributed by atoms with Crippen molar-refractivity contribution in [1.82, 2.24) is 4.98 Å². The minimum Gasteiger partial charge on any atom is -0.305 e. The van der Waals surface area contributed by atoms with Crippen LogP contribution >= 0.6 is 11.3 Å². The summed E-state index contributed by atoms with van der Waals surface area (Å²) in [5, 5.41) is 10.1. The number of carbonyl (C=O) groups excluding carboxylic acids is 1. The zero-order valence-corrected chi connectivity index (χ0v) is 13.8. The van der Waals surface area contributed by atoms with Gasteiger partial charge in [0.25, 0.3) is 5.91 Å². The fourth-order valence-electron chi connectivity index (χ4n) is 2.13. The lowest BCUT2D eigenvalue weighted by molar-refractivity contribution is -0.137. The van der Waals surface area contributed by atoms with Crippen molar-refractivity contribution < 1.29 is 18.0 Å². The molecule has 0 spiro atoms. The highest BCUT2D eigenvalue weighted by Crippen LogP contribution is 2.35. The van der Waals surface area contributed by atoms with Crippen LogP contribution in [0.2, 0.25) is 0 Å². The number of benzene rings is 1. The van der Waals surface area contributed by atoms with E-state index in [0.717, 1.165) is 18.4 Å². The Morgan fingerprint density at radius 2 is 2.12 bits per heavy atom. The summed E-state index contributed by atoms with van der Waals surface area (Å²) >= 11 is 0.207. The van der Waals surface area contributed by atoms with Crippen LogP contribution in [0.25, 0.3) is 0 Å². The number of nitriles is 1. The van der Waals surface area contributed by atoms with Crippen molar-refractivity contribution in [2.75, 3.05) is 5.32 Å². The maximum atomic E-state index is 12.7. The molecular weight excluding hydrogens is 339 g/mol. The molecule has 0 aliphatic heterocycles. The molecular formula is C16H14F3N3OS. The topological polar surface area (TPSA) is 65.8 Å². The normalized spacial score (nSPS) is 11.2. The lowest BCUT2D eigenvalue weighted by atomic mass is 10.0. The largest absolute Gasteiger partial charge is 0.443 e. The van der Waals surface area contributed by atoms with Gasteiger partial charge in [-0.15, -0.1) is 0 Å². The van der Waals surface area contributed by atoms with E-state index in [-0.39, 0.29) is 22.0 Å². The number of hydrogen-bond donors (Lipinski definition) is 1. The Balaban J connectivity index is 2.32. The van der Waals surface area contributed by atoms with Gasteiger partial charge in [-0.3, -0.25) is 4.79 Å². The number of hydrogen-bond acceptors (Lipinski definition) is 4. The Morgan fingerprint density at radius 1 is 1.42 bits per heavy atom. The quantitative estimate of drug-likeness (QED) is 0.877. The van der Waals surface area contributed by atoms with Gasteiger partial charge >= 0.3 is 6.18 Å². The van der Waals surface area contributed by atoms with Gasteiger partial charge in [-0.1, -0.05) is 36.8 Å². The number of aryl methyl sites for hydroxylation is 2. The van der Waals surface area contributed by atoms with Crippen LogP contribution in [0.5, 0.6) is 0 Å². The van der Waals surface area contributed by atoms with E-state index >= 15 is 0 Å². The molecule has 1 aromatic carbocycles. The van der Waals surface area contributed by atoms with Gasteiger partial charge in [-0.25, -0.2) is 4.98 Å². The molecule has 1 aromatic heterocycles. The number of anilines is 1. The second-order valence-corrected chi connectivity index (χ2v) is 6.16. The first-order valence-corrected chi connectivity index (χ1v) is 7.97. The Hall–Kier alpha value is -2.40. The average Bonchev–Trinajstić information content (AvgIpc) is 2.92. The van der Waals surface area contributed by atoms with Crippen LogP contribution in [-0.4, -0.2) is 10.9 Å². The van der Waals surface area contributed by atoms with Gasteiger partial charge in [-0.05, 0) is 30.5 Å². The highest BCUT2D eigenvalue weighted by atomic mass is 32.1. The Kier molecular flexibility index (Phi) is 5.24. The first-order chi connectivity index (χ1) is 11.3. The number of aromatic nitrogens is 1. The van der Waals surface area contributed by atoms with Gasteiger partial charge in [0.05, 0.1) is 0 Å². The maximum absolute atomic E-state index is 12.7. The van der Waals surface area contributed by atoms with Crippen LogP contribution < -0.4 is 5.32 Å². The summed E-state index contributed by atoms with van der Waals surface area (Å²) in [7, 11) is 0. The standard InChI is InChI=1S/C16H14F3N3OS/c1-3-4-10-6-5-9(2)11(7-10)14(23)21-13-12(8-20)24-15(22-13)16(17,18)19/h5-7H,3-4H2,1-2H3,(H,21,23). The number of halogens is 3. The molecule has 0 radical (unpaired) electrons. The number of carbonyl (C=O) groups is 1. The van der Waals surface area contributed by atoms with Crippen molar-refractivity contribution in [3.8, 4) is 6.07 Å². The maximum Gasteiger partial charge on any atom is 0.443 e. The summed E-state index contributed by atoms with van der Waals surface area (Å²) in [5.41, 5.74) is 2.01. The van der Waals surface area contributed by atoms with Crippen LogP contribution in [-0.2, 0) is 12.6 Å². The monoisotopic (exact) mass is 353 g/mol. The van der Waals surface area contributed by atoms with E-state index in [1.54, 1.807) is 25.1 Å². The average molecular weight is 353 g/mol. The number of nitrogens with zero attached hydrogens (tertiary/aromatic N) is 2. The molecule has 1 amide bonds. The second-order valence-electron chi connectivity index (χ2n) is 5.16. The summed E-state index contributed by atoms with van der Waals surface area (Å²) in [6, 6.07) is 7.03. The molecule has 0 atom stereocenters. The van der Waals surface area contributed by atoms with Crippen molar-refractivity contribution in [3.63, 3.8) is 0 Å². The first-order valence-electron chi connectivity index (χ1n) is 7.15. The third kappa shape index (κ3) is 3.92. The van der Waals surface area contributed by atoms with E-state index in [9.17, 15) is 18.0 Å². The zero-order valence-electron chi connectivity index (χ0n) is 13.0. The van der Waals surface area contributed by atoms with E-state index in [0.29, 0.717) is 11.1 Å². The number of rotatable bonds is 4. The van der Waals surface area contributed by atoms with Crippen LogP contribution in [0.4, 0.5) is 19.0 Å². The minimum atomic E-state index is -4.66. The van der Waals surface area contributed by atoms with Crippen molar-refractivity contribution in [2.24, 2.45) is 0 Å². The molecule has 1 heterocycles. The molecule has 0 bridgehead atoms. The van der Waals surface area contributed by atoms with E-state index < -0.39 is 17.1 Å². The van der Waals surface area contributed by atoms with Crippen LogP contribution in [0, 0.1) is 18.3 Å². The van der Waals surface area contributed by atoms with Crippen LogP contribution in [0.1, 0.15) is 44.7 Å². The van der Waals surface area contributed by atoms with Gasteiger partial charge < -0.3 is 5.32 Å². The second kappa shape index (κ2) is 7.01. The van der Waals surface area contributed by atoms with E-state index in [2.05, 4.69) is 10.3 Å². The number of alkyl halides is 3. The molecule has 0 aliphatic carbocycles. The van der Waals surface area contributed by atoms with Crippen molar-refractivity contribution in [1.29, 1.82) is 5.26 Å². The van der Waals surface area contributed by atoms with E-state index in [1.807, 2.05) is 13.0 Å². The highest BCUT2D eigenvalue weighted by Gasteiger charge is 2.36. The molecule has 0 saturated carbocycles. The summed E-state index contributed by atoms with van der Waals surface area (Å²) < 4.78 is 38.1. The molecule has 0 unspecified atom stereocenters. The van der Waals surface area contributed by atoms with Gasteiger partial charge in [0.1, 0.15) is 10.9 Å². The Morgan fingerprint density at radius 3 is 2.71 bits per heavy atom. The minimum absolute atomic E-state index is 0.207. The predicted octanol–water partition coefficient (Wildman–Crippen LogP) is 4.55. The molecule has 0 fully saturated rings. The highest BCUT2D eigenvalue weighted by molar-refractivity contribution is 7.12. The summed E-state index contributed by atoms with van der Waals surface area (Å²) in [4.78, 5) is 15.4. The van der Waals surface area contributed by atoms with Crippen molar-refractivity contribution in [3.05, 3.63) is 44.8 Å². The van der Waals surface area contributed by atoms with Crippen molar-refractivity contribution >= 4 is 23.1 Å². The van der Waals surface area contributed by atoms with E-state index in [1.165, 1.54) is 0 Å². The van der Waals surface area contributed by atoms with Crippen molar-refractivity contribution in [2.45, 2.75) is 32.9 Å². The van der Waals surface area contributed by atoms with Gasteiger partial charge in [-0.2, -0.15) is 18.4 Å². The lowest BCUT2D eigenvalue weighted by Crippen LogP contribution is -2.15. The number of nitrogens with one attached hydrogen (secondary N) is 1. The van der Waals surface area contributed by atoms with Gasteiger partial charge in [0, 0.05) is 5.56 Å². The third-order valence-corrected chi connectivity index (χ3v) is 4.29. The fraction of sp³-hybridized carbons (Fsp3) is 0.312. The molecule has 126 valence electrons. The summed E-state index contributed by atoms with van der Waals surface area (Å²) in [6.45, 7) is 3.74. The van der Waals surface area contributed by atoms with Crippen LogP contribution in [0.3, 0.4) is 0 Å². The molecule has 2 aromatic rings. The fourth-order valence-corrected chi connectivity index (χ4v) is 2.82. The predicted molar refractivity (Wildman–Crippen MR) is 85.0 cm³/mol. The van der Waals surface area contributed by atoms with E-state index in [4.69, 9.17) is 5.26 Å². The molecule has 0 aliphatic rings. The smallest absolute Gasteiger partial charge is 0.305 e. The summed E-state index contributed by atoms with van der Waals surface area (Å²) in [6.07, 6.45) is -2.96. The van der Waals surface area contributed by atoms with Crippen LogP contribution in [0.15, 0.2) is 18.2 Å². The van der Waals surface area contributed by atoms with Gasteiger partial charge in [0.15, 0.2) is 5.82 Å². The molecule has 2 rings (SSSR count).